The quantitative estimate of drug-likeness (QED) is 0.828. The lowest BCUT2D eigenvalue weighted by Gasteiger charge is -2.05. The summed E-state index contributed by atoms with van der Waals surface area (Å²) in [7, 11) is 0. The van der Waals surface area contributed by atoms with Gasteiger partial charge >= 0.3 is 0 Å². The van der Waals surface area contributed by atoms with Crippen LogP contribution in [0.1, 0.15) is 18.4 Å². The molecule has 1 aromatic carbocycles. The SMILES string of the molecule is N#CCC(O)CCc1cccc(Cl)c1. The van der Waals surface area contributed by atoms with Crippen molar-refractivity contribution >= 4 is 11.6 Å². The van der Waals surface area contributed by atoms with Crippen molar-refractivity contribution in [2.24, 2.45) is 0 Å². The van der Waals surface area contributed by atoms with E-state index in [-0.39, 0.29) is 6.42 Å². The van der Waals surface area contributed by atoms with Crippen molar-refractivity contribution in [1.82, 2.24) is 0 Å². The monoisotopic (exact) mass is 209 g/mol. The molecule has 0 amide bonds. The zero-order chi connectivity index (χ0) is 10.4. The molecule has 2 nitrogen and oxygen atoms in total. The first-order chi connectivity index (χ1) is 6.72. The average molecular weight is 210 g/mol. The Balaban J connectivity index is 2.42. The van der Waals surface area contributed by atoms with Crippen molar-refractivity contribution in [3.8, 4) is 6.07 Å². The maximum absolute atomic E-state index is 9.32. The number of nitrogens with zero attached hydrogens (tertiary/aromatic N) is 1. The molecule has 1 atom stereocenters. The second-order valence-electron chi connectivity index (χ2n) is 3.18. The molecule has 3 heteroatoms. The fourth-order valence-corrected chi connectivity index (χ4v) is 1.45. The summed E-state index contributed by atoms with van der Waals surface area (Å²) >= 11 is 5.81. The van der Waals surface area contributed by atoms with Crippen molar-refractivity contribution in [3.63, 3.8) is 0 Å². The summed E-state index contributed by atoms with van der Waals surface area (Å²) in [5.74, 6) is 0. The highest BCUT2D eigenvalue weighted by atomic mass is 35.5. The Morgan fingerprint density at radius 1 is 1.50 bits per heavy atom. The molecule has 0 aliphatic carbocycles. The summed E-state index contributed by atoms with van der Waals surface area (Å²) in [6.07, 6.45) is 1.02. The third-order valence-corrected chi connectivity index (χ3v) is 2.22. The van der Waals surface area contributed by atoms with Crippen LogP contribution in [0.3, 0.4) is 0 Å². The predicted molar refractivity (Wildman–Crippen MR) is 56.0 cm³/mol. The van der Waals surface area contributed by atoms with Gasteiger partial charge in [-0.1, -0.05) is 23.7 Å². The van der Waals surface area contributed by atoms with Crippen molar-refractivity contribution < 1.29 is 5.11 Å². The third kappa shape index (κ3) is 3.78. The Bertz CT molecular complexity index is 332. The minimum atomic E-state index is -0.529. The van der Waals surface area contributed by atoms with Crippen LogP contribution >= 0.6 is 11.6 Å². The van der Waals surface area contributed by atoms with E-state index in [1.54, 1.807) is 0 Å². The third-order valence-electron chi connectivity index (χ3n) is 1.98. The standard InChI is InChI=1S/C11H12ClNO/c12-10-3-1-2-9(8-10)4-5-11(14)6-7-13/h1-3,8,11,14H,4-6H2. The van der Waals surface area contributed by atoms with E-state index in [0.29, 0.717) is 11.4 Å². The summed E-state index contributed by atoms with van der Waals surface area (Å²) in [5, 5.41) is 18.4. The van der Waals surface area contributed by atoms with Gasteiger partial charge in [0.15, 0.2) is 0 Å². The molecule has 0 saturated carbocycles. The van der Waals surface area contributed by atoms with Crippen molar-refractivity contribution in [2.45, 2.75) is 25.4 Å². The number of nitriles is 1. The molecular weight excluding hydrogens is 198 g/mol. The van der Waals surface area contributed by atoms with Crippen LogP contribution in [0.2, 0.25) is 5.02 Å². The molecule has 1 rings (SSSR count). The molecule has 0 fully saturated rings. The van der Waals surface area contributed by atoms with Crippen molar-refractivity contribution in [1.29, 1.82) is 5.26 Å². The number of hydrogen-bond donors (Lipinski definition) is 1. The number of benzene rings is 1. The lowest BCUT2D eigenvalue weighted by atomic mass is 10.1. The molecule has 0 aromatic heterocycles. The largest absolute Gasteiger partial charge is 0.392 e. The normalized spacial score (nSPS) is 12.1. The highest BCUT2D eigenvalue weighted by Gasteiger charge is 2.03. The topological polar surface area (TPSA) is 44.0 Å². The summed E-state index contributed by atoms with van der Waals surface area (Å²) in [6, 6.07) is 9.48. The van der Waals surface area contributed by atoms with Crippen LogP contribution in [0, 0.1) is 11.3 Å². The smallest absolute Gasteiger partial charge is 0.0673 e. The Morgan fingerprint density at radius 2 is 2.29 bits per heavy atom. The predicted octanol–water partition coefficient (Wildman–Crippen LogP) is 2.55. The van der Waals surface area contributed by atoms with Gasteiger partial charge in [0.1, 0.15) is 0 Å². The lowest BCUT2D eigenvalue weighted by Crippen LogP contribution is -2.06. The Kier molecular flexibility index (Phi) is 4.45. The number of aliphatic hydroxyl groups is 1. The van der Waals surface area contributed by atoms with E-state index >= 15 is 0 Å². The molecule has 74 valence electrons. The highest BCUT2D eigenvalue weighted by Crippen LogP contribution is 2.13. The number of aryl methyl sites for hydroxylation is 1. The molecule has 1 aromatic rings. The fraction of sp³-hybridized carbons (Fsp3) is 0.364. The molecule has 0 radical (unpaired) electrons. The van der Waals surface area contributed by atoms with Gasteiger partial charge in [0.2, 0.25) is 0 Å². The van der Waals surface area contributed by atoms with Crippen LogP contribution in [0.5, 0.6) is 0 Å². The maximum Gasteiger partial charge on any atom is 0.0673 e. The second kappa shape index (κ2) is 5.64. The molecule has 0 spiro atoms. The zero-order valence-corrected chi connectivity index (χ0v) is 8.54. The Labute approximate surface area is 88.7 Å². The molecule has 1 N–H and O–H groups in total. The minimum absolute atomic E-state index is 0.195. The van der Waals surface area contributed by atoms with Crippen molar-refractivity contribution in [3.05, 3.63) is 34.9 Å². The van der Waals surface area contributed by atoms with Gasteiger partial charge in [-0.25, -0.2) is 0 Å². The van der Waals surface area contributed by atoms with Gasteiger partial charge in [-0.3, -0.25) is 0 Å². The second-order valence-corrected chi connectivity index (χ2v) is 3.62. The van der Waals surface area contributed by atoms with Gasteiger partial charge in [-0.05, 0) is 30.5 Å². The fourth-order valence-electron chi connectivity index (χ4n) is 1.23. The van der Waals surface area contributed by atoms with Crippen LogP contribution in [0.15, 0.2) is 24.3 Å². The highest BCUT2D eigenvalue weighted by molar-refractivity contribution is 6.30. The van der Waals surface area contributed by atoms with E-state index in [0.717, 1.165) is 12.0 Å². The van der Waals surface area contributed by atoms with Gasteiger partial charge in [-0.2, -0.15) is 5.26 Å². The van der Waals surface area contributed by atoms with E-state index in [4.69, 9.17) is 16.9 Å². The van der Waals surface area contributed by atoms with Crippen LogP contribution < -0.4 is 0 Å². The lowest BCUT2D eigenvalue weighted by molar-refractivity contribution is 0.170. The van der Waals surface area contributed by atoms with Crippen LogP contribution in [-0.4, -0.2) is 11.2 Å². The Morgan fingerprint density at radius 3 is 2.93 bits per heavy atom. The molecule has 0 heterocycles. The van der Waals surface area contributed by atoms with Gasteiger partial charge in [0.25, 0.3) is 0 Å². The summed E-state index contributed by atoms with van der Waals surface area (Å²) < 4.78 is 0. The van der Waals surface area contributed by atoms with Gasteiger partial charge in [0, 0.05) is 5.02 Å². The van der Waals surface area contributed by atoms with E-state index in [2.05, 4.69) is 0 Å². The van der Waals surface area contributed by atoms with Crippen molar-refractivity contribution in [2.75, 3.05) is 0 Å². The molecule has 14 heavy (non-hydrogen) atoms. The molecule has 1 unspecified atom stereocenters. The first kappa shape index (κ1) is 11.0. The summed E-state index contributed by atoms with van der Waals surface area (Å²) in [6.45, 7) is 0. The summed E-state index contributed by atoms with van der Waals surface area (Å²) in [4.78, 5) is 0. The number of rotatable bonds is 4. The van der Waals surface area contributed by atoms with Gasteiger partial charge in [-0.15, -0.1) is 0 Å². The molecule has 0 saturated heterocycles. The average Bonchev–Trinajstić information content (AvgIpc) is 2.15. The summed E-state index contributed by atoms with van der Waals surface area (Å²) in [5.41, 5.74) is 1.09. The van der Waals surface area contributed by atoms with E-state index < -0.39 is 6.10 Å². The molecule has 0 aliphatic heterocycles. The van der Waals surface area contributed by atoms with E-state index in [1.165, 1.54) is 0 Å². The van der Waals surface area contributed by atoms with Gasteiger partial charge in [0.05, 0.1) is 18.6 Å². The van der Waals surface area contributed by atoms with Crippen LogP contribution in [-0.2, 0) is 6.42 Å². The Hall–Kier alpha value is -1.04. The van der Waals surface area contributed by atoms with Gasteiger partial charge < -0.3 is 5.11 Å². The van der Waals surface area contributed by atoms with Crippen LogP contribution in [0.4, 0.5) is 0 Å². The first-order valence-corrected chi connectivity index (χ1v) is 4.89. The van der Waals surface area contributed by atoms with Crippen LogP contribution in [0.25, 0.3) is 0 Å². The molecule has 0 aliphatic rings. The number of hydrogen-bond acceptors (Lipinski definition) is 2. The maximum atomic E-state index is 9.32. The number of aliphatic hydroxyl groups excluding tert-OH is 1. The molecule has 0 bridgehead atoms. The first-order valence-electron chi connectivity index (χ1n) is 4.52. The van der Waals surface area contributed by atoms with E-state index in [1.807, 2.05) is 30.3 Å². The zero-order valence-electron chi connectivity index (χ0n) is 7.78. The number of halogens is 1. The molecular formula is C11H12ClNO. The van der Waals surface area contributed by atoms with E-state index in [9.17, 15) is 5.11 Å². The minimum Gasteiger partial charge on any atom is -0.392 e.